The van der Waals surface area contributed by atoms with Gasteiger partial charge >= 0.3 is 6.18 Å². The highest BCUT2D eigenvalue weighted by molar-refractivity contribution is 5.80. The summed E-state index contributed by atoms with van der Waals surface area (Å²) in [5.74, 6) is 1.65. The highest BCUT2D eigenvalue weighted by Crippen LogP contribution is 2.39. The number of nitrogens with zero attached hydrogens (tertiary/aromatic N) is 5. The number of fused-ring (bicyclic) bond motifs is 1. The zero-order chi connectivity index (χ0) is 26.6. The molecule has 0 amide bonds. The van der Waals surface area contributed by atoms with Gasteiger partial charge in [0.05, 0.1) is 6.42 Å². The number of rotatable bonds is 9. The predicted molar refractivity (Wildman–Crippen MR) is 132 cm³/mol. The SMILES string of the molecule is Cc1nc(CC(=O)CC2CCC(F)(CCN3CCc4ccc(CCC(F)(F)F)nc4CC3)CC2)nn1C. The zero-order valence-corrected chi connectivity index (χ0v) is 21.8. The molecular formula is C27H37F4N5O. The summed E-state index contributed by atoms with van der Waals surface area (Å²) in [7, 11) is 1.80. The molecule has 0 atom stereocenters. The molecule has 2 aliphatic rings. The summed E-state index contributed by atoms with van der Waals surface area (Å²) >= 11 is 0. The van der Waals surface area contributed by atoms with Gasteiger partial charge in [-0.05, 0) is 69.4 Å². The fourth-order valence-corrected chi connectivity index (χ4v) is 5.49. The fourth-order valence-electron chi connectivity index (χ4n) is 5.49. The Morgan fingerprint density at radius 1 is 1.14 bits per heavy atom. The molecule has 0 N–H and O–H groups in total. The molecule has 4 rings (SSSR count). The Labute approximate surface area is 215 Å². The molecule has 0 radical (unpaired) electrons. The van der Waals surface area contributed by atoms with Gasteiger partial charge in [-0.15, -0.1) is 0 Å². The molecule has 0 spiro atoms. The highest BCUT2D eigenvalue weighted by atomic mass is 19.4. The lowest BCUT2D eigenvalue weighted by molar-refractivity contribution is -0.134. The molecule has 2 aromatic heterocycles. The first-order valence-electron chi connectivity index (χ1n) is 13.3. The molecule has 1 aliphatic heterocycles. The maximum Gasteiger partial charge on any atom is 0.389 e. The van der Waals surface area contributed by atoms with Crippen molar-refractivity contribution in [2.24, 2.45) is 13.0 Å². The quantitative estimate of drug-likeness (QED) is 0.438. The van der Waals surface area contributed by atoms with Gasteiger partial charge in [0.2, 0.25) is 0 Å². The van der Waals surface area contributed by atoms with Crippen molar-refractivity contribution in [3.05, 3.63) is 40.7 Å². The molecule has 0 bridgehead atoms. The summed E-state index contributed by atoms with van der Waals surface area (Å²) in [5.41, 5.74) is 1.23. The topological polar surface area (TPSA) is 63.9 Å². The Bertz CT molecular complexity index is 1060. The molecular weight excluding hydrogens is 486 g/mol. The lowest BCUT2D eigenvalue weighted by atomic mass is 9.76. The maximum absolute atomic E-state index is 15.6. The smallest absolute Gasteiger partial charge is 0.302 e. The van der Waals surface area contributed by atoms with Crippen LogP contribution in [0.15, 0.2) is 12.1 Å². The normalized spacial score (nSPS) is 23.0. The van der Waals surface area contributed by atoms with Crippen LogP contribution in [0.25, 0.3) is 0 Å². The molecule has 1 aliphatic carbocycles. The van der Waals surface area contributed by atoms with Gasteiger partial charge in [-0.3, -0.25) is 14.5 Å². The summed E-state index contributed by atoms with van der Waals surface area (Å²) in [6, 6.07) is 3.61. The van der Waals surface area contributed by atoms with Crippen LogP contribution in [-0.4, -0.2) is 61.9 Å². The van der Waals surface area contributed by atoms with E-state index in [4.69, 9.17) is 0 Å². The summed E-state index contributed by atoms with van der Waals surface area (Å²) in [6.07, 6.45) is -0.168. The van der Waals surface area contributed by atoms with Crippen LogP contribution >= 0.6 is 0 Å². The average Bonchev–Trinajstić information content (AvgIpc) is 3.02. The van der Waals surface area contributed by atoms with E-state index in [2.05, 4.69) is 20.0 Å². The lowest BCUT2D eigenvalue weighted by Gasteiger charge is -2.35. The number of hydrogen-bond acceptors (Lipinski definition) is 5. The first-order chi connectivity index (χ1) is 17.5. The standard InChI is InChI=1S/C27H37F4N5O/c1-19-32-25(34-35(19)2)18-23(37)17-20-5-10-26(28,11-6-20)13-16-36-14-8-21-3-4-22(7-12-27(29,30)31)33-24(21)9-15-36/h3-4,20H,5-18H2,1-2H3. The van der Waals surface area contributed by atoms with E-state index in [1.807, 2.05) is 13.0 Å². The van der Waals surface area contributed by atoms with Crippen molar-refractivity contribution in [1.82, 2.24) is 24.6 Å². The van der Waals surface area contributed by atoms with Crippen LogP contribution < -0.4 is 0 Å². The number of carbonyl (C=O) groups is 1. The third-order valence-corrected chi connectivity index (χ3v) is 7.93. The van der Waals surface area contributed by atoms with E-state index in [-0.39, 0.29) is 24.5 Å². The number of Topliss-reactive ketones (excluding diaryl/α,β-unsaturated/α-hetero) is 1. The first kappa shape index (κ1) is 27.7. The van der Waals surface area contributed by atoms with Crippen LogP contribution in [0, 0.1) is 12.8 Å². The van der Waals surface area contributed by atoms with Crippen LogP contribution in [0.3, 0.4) is 0 Å². The largest absolute Gasteiger partial charge is 0.389 e. The maximum atomic E-state index is 15.6. The van der Waals surface area contributed by atoms with Crippen molar-refractivity contribution in [2.75, 3.05) is 19.6 Å². The minimum Gasteiger partial charge on any atom is -0.302 e. The number of carbonyl (C=O) groups excluding carboxylic acids is 1. The van der Waals surface area contributed by atoms with Crippen molar-refractivity contribution in [3.63, 3.8) is 0 Å². The Morgan fingerprint density at radius 3 is 2.54 bits per heavy atom. The molecule has 0 saturated heterocycles. The first-order valence-corrected chi connectivity index (χ1v) is 13.3. The monoisotopic (exact) mass is 523 g/mol. The molecule has 0 unspecified atom stereocenters. The third-order valence-electron chi connectivity index (χ3n) is 7.93. The zero-order valence-electron chi connectivity index (χ0n) is 21.8. The Morgan fingerprint density at radius 2 is 1.86 bits per heavy atom. The third kappa shape index (κ3) is 8.06. The summed E-state index contributed by atoms with van der Waals surface area (Å²) < 4.78 is 54.9. The lowest BCUT2D eigenvalue weighted by Crippen LogP contribution is -2.36. The number of halogens is 4. The summed E-state index contributed by atoms with van der Waals surface area (Å²) in [4.78, 5) is 23.5. The molecule has 37 heavy (non-hydrogen) atoms. The predicted octanol–water partition coefficient (Wildman–Crippen LogP) is 4.90. The van der Waals surface area contributed by atoms with Gasteiger partial charge in [0.1, 0.15) is 17.3 Å². The van der Waals surface area contributed by atoms with E-state index in [1.54, 1.807) is 17.8 Å². The summed E-state index contributed by atoms with van der Waals surface area (Å²) in [5, 5.41) is 4.25. The van der Waals surface area contributed by atoms with Crippen molar-refractivity contribution in [3.8, 4) is 0 Å². The van der Waals surface area contributed by atoms with Crippen LogP contribution in [-0.2, 0) is 37.5 Å². The number of aryl methyl sites for hydroxylation is 3. The number of ketones is 1. The van der Waals surface area contributed by atoms with Gasteiger partial charge in [-0.2, -0.15) is 18.3 Å². The second-order valence-corrected chi connectivity index (χ2v) is 10.8. The summed E-state index contributed by atoms with van der Waals surface area (Å²) in [6.45, 7) is 4.03. The van der Waals surface area contributed by atoms with Crippen molar-refractivity contribution >= 4 is 5.78 Å². The van der Waals surface area contributed by atoms with E-state index in [0.29, 0.717) is 63.0 Å². The number of hydrogen-bond donors (Lipinski definition) is 0. The molecule has 0 aromatic carbocycles. The van der Waals surface area contributed by atoms with Gasteiger partial charge in [0.15, 0.2) is 5.82 Å². The van der Waals surface area contributed by atoms with Gasteiger partial charge < -0.3 is 4.90 Å². The number of pyridine rings is 1. The van der Waals surface area contributed by atoms with E-state index in [0.717, 1.165) is 36.6 Å². The number of alkyl halides is 4. The minimum atomic E-state index is -4.18. The Hall–Kier alpha value is -2.36. The molecule has 1 saturated carbocycles. The van der Waals surface area contributed by atoms with Crippen molar-refractivity contribution < 1.29 is 22.4 Å². The van der Waals surface area contributed by atoms with E-state index in [9.17, 15) is 18.0 Å². The van der Waals surface area contributed by atoms with E-state index >= 15 is 4.39 Å². The molecule has 204 valence electrons. The highest BCUT2D eigenvalue weighted by Gasteiger charge is 2.36. The fraction of sp³-hybridized carbons (Fsp3) is 0.704. The molecule has 3 heterocycles. The van der Waals surface area contributed by atoms with Gasteiger partial charge in [0.25, 0.3) is 0 Å². The molecule has 10 heteroatoms. The minimum absolute atomic E-state index is 0.100. The Kier molecular flexibility index (Phi) is 8.66. The van der Waals surface area contributed by atoms with Crippen molar-refractivity contribution in [2.45, 2.75) is 89.4 Å². The van der Waals surface area contributed by atoms with Crippen LogP contribution in [0.5, 0.6) is 0 Å². The van der Waals surface area contributed by atoms with Gasteiger partial charge in [-0.25, -0.2) is 9.37 Å². The van der Waals surface area contributed by atoms with E-state index < -0.39 is 18.3 Å². The molecule has 1 fully saturated rings. The number of aromatic nitrogens is 4. The van der Waals surface area contributed by atoms with E-state index in [1.165, 1.54) is 0 Å². The average molecular weight is 524 g/mol. The van der Waals surface area contributed by atoms with Gasteiger partial charge in [-0.1, -0.05) is 6.07 Å². The second-order valence-electron chi connectivity index (χ2n) is 10.8. The van der Waals surface area contributed by atoms with Gasteiger partial charge in [0, 0.05) is 57.3 Å². The van der Waals surface area contributed by atoms with Crippen molar-refractivity contribution in [1.29, 1.82) is 0 Å². The van der Waals surface area contributed by atoms with Crippen LogP contribution in [0.4, 0.5) is 17.6 Å². The van der Waals surface area contributed by atoms with Crippen LogP contribution in [0.2, 0.25) is 0 Å². The second kappa shape index (κ2) is 11.6. The van der Waals surface area contributed by atoms with Crippen LogP contribution in [0.1, 0.15) is 73.5 Å². The molecule has 6 nitrogen and oxygen atoms in total. The Balaban J connectivity index is 1.19. The molecule has 2 aromatic rings.